The normalized spacial score (nSPS) is 17.8. The molecule has 1 saturated heterocycles. The summed E-state index contributed by atoms with van der Waals surface area (Å²) < 4.78 is 0. The smallest absolute Gasteiger partial charge is 0.227 e. The molecule has 2 amide bonds. The Hall–Kier alpha value is -2.70. The number of aryl methyl sites for hydroxylation is 1. The Morgan fingerprint density at radius 3 is 3.09 bits per heavy atom. The van der Waals surface area contributed by atoms with Crippen molar-refractivity contribution >= 4 is 17.5 Å². The van der Waals surface area contributed by atoms with Crippen molar-refractivity contribution < 1.29 is 9.59 Å². The monoisotopic (exact) mass is 299 g/mol. The van der Waals surface area contributed by atoms with Gasteiger partial charge in [0.05, 0.1) is 17.8 Å². The number of nitrogens with one attached hydrogen (secondary N) is 2. The molecule has 1 fully saturated rings. The number of pyridine rings is 1. The molecule has 3 rings (SSSR count). The summed E-state index contributed by atoms with van der Waals surface area (Å²) in [5, 5.41) is 9.40. The lowest BCUT2D eigenvalue weighted by Gasteiger charge is -2.14. The summed E-state index contributed by atoms with van der Waals surface area (Å²) in [6.07, 6.45) is 6.93. The van der Waals surface area contributed by atoms with E-state index in [2.05, 4.69) is 20.5 Å². The molecule has 0 radical (unpaired) electrons. The number of hydrogen-bond acceptors (Lipinski definition) is 4. The minimum atomic E-state index is -0.329. The molecule has 2 aromatic rings. The molecule has 2 aromatic heterocycles. The number of carbonyl (C=O) groups is 2. The Balaban J connectivity index is 1.60. The molecular formula is C15H17N5O2. The van der Waals surface area contributed by atoms with Crippen LogP contribution in [0.2, 0.25) is 0 Å². The second-order valence-electron chi connectivity index (χ2n) is 5.38. The fourth-order valence-electron chi connectivity index (χ4n) is 2.55. The topological polar surface area (TPSA) is 91.0 Å². The Kier molecular flexibility index (Phi) is 3.86. The molecule has 1 atom stereocenters. The zero-order valence-electron chi connectivity index (χ0n) is 12.2. The molecule has 0 aromatic carbocycles. The van der Waals surface area contributed by atoms with Crippen LogP contribution in [-0.4, -0.2) is 33.5 Å². The fraction of sp³-hybridized carbons (Fsp3) is 0.333. The molecule has 0 spiro atoms. The molecule has 1 aliphatic heterocycles. The first-order chi connectivity index (χ1) is 10.6. The molecule has 22 heavy (non-hydrogen) atoms. The van der Waals surface area contributed by atoms with Gasteiger partial charge in [0.25, 0.3) is 0 Å². The second-order valence-corrected chi connectivity index (χ2v) is 5.38. The molecule has 0 saturated carbocycles. The maximum Gasteiger partial charge on any atom is 0.227 e. The third-order valence-electron chi connectivity index (χ3n) is 3.88. The summed E-state index contributed by atoms with van der Waals surface area (Å²) >= 11 is 0. The lowest BCUT2D eigenvalue weighted by atomic mass is 10.1. The van der Waals surface area contributed by atoms with Crippen molar-refractivity contribution in [2.24, 2.45) is 5.92 Å². The van der Waals surface area contributed by atoms with E-state index >= 15 is 0 Å². The Labute approximate surface area is 127 Å². The van der Waals surface area contributed by atoms with Gasteiger partial charge >= 0.3 is 0 Å². The molecule has 7 heteroatoms. The first-order valence-electron chi connectivity index (χ1n) is 7.11. The van der Waals surface area contributed by atoms with Gasteiger partial charge in [-0.2, -0.15) is 5.10 Å². The number of aromatic amines is 1. The van der Waals surface area contributed by atoms with Crippen molar-refractivity contribution in [3.05, 3.63) is 42.0 Å². The van der Waals surface area contributed by atoms with Crippen LogP contribution in [-0.2, 0) is 16.1 Å². The van der Waals surface area contributed by atoms with Crippen LogP contribution in [0.15, 0.2) is 30.9 Å². The highest BCUT2D eigenvalue weighted by Crippen LogP contribution is 2.24. The first kappa shape index (κ1) is 14.2. The highest BCUT2D eigenvalue weighted by atomic mass is 16.2. The molecule has 1 aliphatic rings. The predicted molar refractivity (Wildman–Crippen MR) is 79.9 cm³/mol. The minimum absolute atomic E-state index is 0.0540. The summed E-state index contributed by atoms with van der Waals surface area (Å²) in [4.78, 5) is 29.9. The maximum absolute atomic E-state index is 12.3. The van der Waals surface area contributed by atoms with E-state index in [1.807, 2.05) is 13.0 Å². The standard InChI is InChI=1S/C15H17N5O2/c1-10-5-16-3-2-11(10)6-17-15(22)12-4-14(21)20(9-12)13-7-18-19-8-13/h2-3,5,7-8,12H,4,6,9H2,1H3,(H,17,22)(H,18,19). The molecule has 7 nitrogen and oxygen atoms in total. The molecule has 0 aliphatic carbocycles. The van der Waals surface area contributed by atoms with Gasteiger partial charge in [-0.25, -0.2) is 0 Å². The summed E-state index contributed by atoms with van der Waals surface area (Å²) in [7, 11) is 0. The predicted octanol–water partition coefficient (Wildman–Crippen LogP) is 0.782. The third kappa shape index (κ3) is 2.83. The average molecular weight is 299 g/mol. The molecule has 3 heterocycles. The second kappa shape index (κ2) is 5.97. The Morgan fingerprint density at radius 2 is 2.36 bits per heavy atom. The minimum Gasteiger partial charge on any atom is -0.352 e. The van der Waals surface area contributed by atoms with Crippen molar-refractivity contribution in [1.29, 1.82) is 0 Å². The van der Waals surface area contributed by atoms with Crippen LogP contribution in [0.25, 0.3) is 0 Å². The molecule has 1 unspecified atom stereocenters. The van der Waals surface area contributed by atoms with Gasteiger partial charge in [-0.1, -0.05) is 0 Å². The van der Waals surface area contributed by atoms with Gasteiger partial charge < -0.3 is 10.2 Å². The summed E-state index contributed by atoms with van der Waals surface area (Å²) in [5.41, 5.74) is 2.76. The maximum atomic E-state index is 12.3. The summed E-state index contributed by atoms with van der Waals surface area (Å²) in [5.74, 6) is -0.484. The summed E-state index contributed by atoms with van der Waals surface area (Å²) in [6, 6.07) is 1.88. The van der Waals surface area contributed by atoms with Gasteiger partial charge in [0.15, 0.2) is 0 Å². The SMILES string of the molecule is Cc1cnccc1CNC(=O)C1CC(=O)N(c2cn[nH]c2)C1. The van der Waals surface area contributed by atoms with Crippen LogP contribution >= 0.6 is 0 Å². The van der Waals surface area contributed by atoms with E-state index in [9.17, 15) is 9.59 Å². The van der Waals surface area contributed by atoms with E-state index in [-0.39, 0.29) is 24.2 Å². The van der Waals surface area contributed by atoms with Crippen molar-refractivity contribution in [2.45, 2.75) is 19.9 Å². The number of amides is 2. The van der Waals surface area contributed by atoms with Crippen molar-refractivity contribution in [2.75, 3.05) is 11.4 Å². The number of aromatic nitrogens is 3. The van der Waals surface area contributed by atoms with E-state index in [0.717, 1.165) is 11.1 Å². The Morgan fingerprint density at radius 1 is 1.50 bits per heavy atom. The number of hydrogen-bond donors (Lipinski definition) is 2. The molecular weight excluding hydrogens is 282 g/mol. The van der Waals surface area contributed by atoms with Gasteiger partial charge in [-0.05, 0) is 24.1 Å². The van der Waals surface area contributed by atoms with Gasteiger partial charge in [0.2, 0.25) is 11.8 Å². The van der Waals surface area contributed by atoms with E-state index in [1.54, 1.807) is 29.7 Å². The third-order valence-corrected chi connectivity index (χ3v) is 3.88. The number of nitrogens with zero attached hydrogens (tertiary/aromatic N) is 3. The zero-order valence-corrected chi connectivity index (χ0v) is 12.2. The Bertz CT molecular complexity index is 683. The average Bonchev–Trinajstić information content (AvgIpc) is 3.15. The van der Waals surface area contributed by atoms with Crippen LogP contribution in [0.5, 0.6) is 0 Å². The number of rotatable bonds is 4. The van der Waals surface area contributed by atoms with Gasteiger partial charge in [-0.3, -0.25) is 19.7 Å². The molecule has 2 N–H and O–H groups in total. The van der Waals surface area contributed by atoms with Gasteiger partial charge in [0, 0.05) is 38.1 Å². The van der Waals surface area contributed by atoms with Crippen LogP contribution in [0, 0.1) is 12.8 Å². The lowest BCUT2D eigenvalue weighted by molar-refractivity contribution is -0.126. The van der Waals surface area contributed by atoms with Crippen LogP contribution in [0.3, 0.4) is 0 Å². The van der Waals surface area contributed by atoms with Gasteiger partial charge in [0.1, 0.15) is 0 Å². The van der Waals surface area contributed by atoms with Gasteiger partial charge in [-0.15, -0.1) is 0 Å². The fourth-order valence-corrected chi connectivity index (χ4v) is 2.55. The quantitative estimate of drug-likeness (QED) is 0.873. The number of carbonyl (C=O) groups excluding carboxylic acids is 2. The largest absolute Gasteiger partial charge is 0.352 e. The van der Waals surface area contributed by atoms with Crippen LogP contribution in [0.4, 0.5) is 5.69 Å². The summed E-state index contributed by atoms with van der Waals surface area (Å²) in [6.45, 7) is 2.79. The van der Waals surface area contributed by atoms with E-state index < -0.39 is 0 Å². The first-order valence-corrected chi connectivity index (χ1v) is 7.11. The van der Waals surface area contributed by atoms with Crippen LogP contribution in [0.1, 0.15) is 17.5 Å². The molecule has 0 bridgehead atoms. The highest BCUT2D eigenvalue weighted by Gasteiger charge is 2.35. The van der Waals surface area contributed by atoms with Crippen molar-refractivity contribution in [1.82, 2.24) is 20.5 Å². The van der Waals surface area contributed by atoms with E-state index in [0.29, 0.717) is 18.8 Å². The van der Waals surface area contributed by atoms with Crippen molar-refractivity contribution in [3.63, 3.8) is 0 Å². The van der Waals surface area contributed by atoms with E-state index in [1.165, 1.54) is 0 Å². The lowest BCUT2D eigenvalue weighted by Crippen LogP contribution is -2.32. The highest BCUT2D eigenvalue weighted by molar-refractivity contribution is 6.00. The zero-order chi connectivity index (χ0) is 15.5. The number of anilines is 1. The van der Waals surface area contributed by atoms with E-state index in [4.69, 9.17) is 0 Å². The number of H-pyrrole nitrogens is 1. The molecule has 114 valence electrons. The van der Waals surface area contributed by atoms with Crippen LogP contribution < -0.4 is 10.2 Å². The van der Waals surface area contributed by atoms with Crippen molar-refractivity contribution in [3.8, 4) is 0 Å².